The maximum atomic E-state index is 13.6. The maximum Gasteiger partial charge on any atom is 0.274 e. The SMILES string of the molecule is Cc1cc(C)n2nc(C(=O)N(Cc3cccc(OCCc4cccs4)c3)C[C@@H]3CCCO3)cc2n1. The van der Waals surface area contributed by atoms with Crippen LogP contribution in [-0.2, 0) is 17.7 Å². The summed E-state index contributed by atoms with van der Waals surface area (Å²) in [6.07, 6.45) is 2.91. The number of aromatic nitrogens is 3. The second-order valence-electron chi connectivity index (χ2n) is 8.98. The van der Waals surface area contributed by atoms with Gasteiger partial charge in [0.15, 0.2) is 11.3 Å². The van der Waals surface area contributed by atoms with Crippen molar-refractivity contribution in [1.82, 2.24) is 19.5 Å². The molecule has 1 amide bonds. The normalized spacial score (nSPS) is 15.5. The van der Waals surface area contributed by atoms with E-state index in [2.05, 4.69) is 27.6 Å². The molecule has 0 unspecified atom stereocenters. The van der Waals surface area contributed by atoms with Crippen LogP contribution < -0.4 is 4.74 Å². The van der Waals surface area contributed by atoms with Crippen molar-refractivity contribution < 1.29 is 14.3 Å². The fourth-order valence-corrected chi connectivity index (χ4v) is 5.18. The molecular weight excluding hydrogens is 460 g/mol. The Balaban J connectivity index is 1.33. The van der Waals surface area contributed by atoms with Gasteiger partial charge >= 0.3 is 0 Å². The van der Waals surface area contributed by atoms with E-state index in [1.165, 1.54) is 4.88 Å². The van der Waals surface area contributed by atoms with Gasteiger partial charge in [0.05, 0.1) is 12.7 Å². The lowest BCUT2D eigenvalue weighted by molar-refractivity contribution is 0.0502. The summed E-state index contributed by atoms with van der Waals surface area (Å²) in [7, 11) is 0. The largest absolute Gasteiger partial charge is 0.493 e. The molecule has 4 aromatic rings. The van der Waals surface area contributed by atoms with Crippen LogP contribution in [0.1, 0.15) is 45.2 Å². The summed E-state index contributed by atoms with van der Waals surface area (Å²) >= 11 is 1.74. The van der Waals surface area contributed by atoms with Crippen molar-refractivity contribution in [1.29, 1.82) is 0 Å². The van der Waals surface area contributed by atoms with Crippen LogP contribution in [0.4, 0.5) is 0 Å². The highest BCUT2D eigenvalue weighted by Gasteiger charge is 2.26. The van der Waals surface area contributed by atoms with Gasteiger partial charge in [-0.2, -0.15) is 5.10 Å². The second-order valence-corrected chi connectivity index (χ2v) is 10.0. The molecule has 35 heavy (non-hydrogen) atoms. The number of rotatable bonds is 9. The Morgan fingerprint density at radius 1 is 1.23 bits per heavy atom. The number of amides is 1. The maximum absolute atomic E-state index is 13.6. The molecule has 1 aliphatic rings. The van der Waals surface area contributed by atoms with Gasteiger partial charge in [-0.15, -0.1) is 11.3 Å². The molecule has 0 spiro atoms. The summed E-state index contributed by atoms with van der Waals surface area (Å²) in [4.78, 5) is 21.3. The van der Waals surface area contributed by atoms with Gasteiger partial charge in [-0.3, -0.25) is 4.79 Å². The Morgan fingerprint density at radius 2 is 2.14 bits per heavy atom. The van der Waals surface area contributed by atoms with Gasteiger partial charge in [0, 0.05) is 48.4 Å². The molecule has 0 radical (unpaired) electrons. The highest BCUT2D eigenvalue weighted by Crippen LogP contribution is 2.21. The number of carbonyl (C=O) groups excluding carboxylic acids is 1. The Morgan fingerprint density at radius 3 is 2.94 bits per heavy atom. The second kappa shape index (κ2) is 10.6. The van der Waals surface area contributed by atoms with Crippen LogP contribution in [0.15, 0.2) is 53.9 Å². The van der Waals surface area contributed by atoms with Crippen LogP contribution in [-0.4, -0.2) is 51.3 Å². The number of hydrogen-bond acceptors (Lipinski definition) is 6. The van der Waals surface area contributed by atoms with Crippen molar-refractivity contribution in [2.45, 2.75) is 45.8 Å². The van der Waals surface area contributed by atoms with Gasteiger partial charge < -0.3 is 14.4 Å². The molecular formula is C27H30N4O3S. The average molecular weight is 491 g/mol. The molecule has 0 saturated carbocycles. The van der Waals surface area contributed by atoms with Crippen molar-refractivity contribution >= 4 is 22.9 Å². The number of benzene rings is 1. The first-order chi connectivity index (χ1) is 17.0. The Kier molecular flexibility index (Phi) is 7.11. The third-order valence-corrected chi connectivity index (χ3v) is 7.09. The van der Waals surface area contributed by atoms with Gasteiger partial charge in [0.1, 0.15) is 5.75 Å². The predicted molar refractivity (Wildman–Crippen MR) is 136 cm³/mol. The van der Waals surface area contributed by atoms with Crippen LogP contribution in [0.5, 0.6) is 5.75 Å². The van der Waals surface area contributed by atoms with Gasteiger partial charge in [-0.1, -0.05) is 18.2 Å². The molecule has 8 heteroatoms. The third kappa shape index (κ3) is 5.71. The van der Waals surface area contributed by atoms with E-state index in [9.17, 15) is 4.79 Å². The van der Waals surface area contributed by atoms with Crippen molar-refractivity contribution in [2.75, 3.05) is 19.8 Å². The van der Waals surface area contributed by atoms with Crippen LogP contribution >= 0.6 is 11.3 Å². The fraction of sp³-hybridized carbons (Fsp3) is 0.370. The summed E-state index contributed by atoms with van der Waals surface area (Å²) < 4.78 is 13.6. The number of carbonyl (C=O) groups is 1. The lowest BCUT2D eigenvalue weighted by Gasteiger charge is -2.25. The summed E-state index contributed by atoms with van der Waals surface area (Å²) in [5, 5.41) is 6.65. The minimum atomic E-state index is -0.118. The van der Waals surface area contributed by atoms with Crippen molar-refractivity contribution in [3.63, 3.8) is 0 Å². The van der Waals surface area contributed by atoms with Crippen LogP contribution in [0.2, 0.25) is 0 Å². The molecule has 7 nitrogen and oxygen atoms in total. The highest BCUT2D eigenvalue weighted by molar-refractivity contribution is 7.09. The first kappa shape index (κ1) is 23.5. The van der Waals surface area contributed by atoms with E-state index in [-0.39, 0.29) is 12.0 Å². The van der Waals surface area contributed by atoms with Crippen LogP contribution in [0, 0.1) is 13.8 Å². The van der Waals surface area contributed by atoms with Crippen LogP contribution in [0.25, 0.3) is 5.65 Å². The zero-order valence-corrected chi connectivity index (χ0v) is 21.0. The molecule has 0 bridgehead atoms. The van der Waals surface area contributed by atoms with E-state index < -0.39 is 0 Å². The predicted octanol–water partition coefficient (Wildman–Crippen LogP) is 4.85. The van der Waals surface area contributed by atoms with E-state index in [1.54, 1.807) is 21.9 Å². The van der Waals surface area contributed by atoms with E-state index in [4.69, 9.17) is 9.47 Å². The van der Waals surface area contributed by atoms with E-state index in [1.807, 2.05) is 49.1 Å². The van der Waals surface area contributed by atoms with Crippen LogP contribution in [0.3, 0.4) is 0 Å². The highest BCUT2D eigenvalue weighted by atomic mass is 32.1. The lowest BCUT2D eigenvalue weighted by Crippen LogP contribution is -2.37. The van der Waals surface area contributed by atoms with E-state index in [0.717, 1.165) is 48.6 Å². The summed E-state index contributed by atoms with van der Waals surface area (Å²) in [5.74, 6) is 0.693. The van der Waals surface area contributed by atoms with E-state index >= 15 is 0 Å². The number of fused-ring (bicyclic) bond motifs is 1. The molecule has 1 saturated heterocycles. The Labute approximate surface area is 209 Å². The van der Waals surface area contributed by atoms with Gasteiger partial charge in [0.25, 0.3) is 5.91 Å². The first-order valence-corrected chi connectivity index (χ1v) is 12.9. The molecule has 182 valence electrons. The number of hydrogen-bond donors (Lipinski definition) is 0. The standard InChI is InChI=1S/C27H30N4O3S/c1-19-14-20(2)31-26(28-19)16-25(29-31)27(32)30(18-23-8-4-11-33-23)17-21-6-3-7-22(15-21)34-12-10-24-9-5-13-35-24/h3,5-7,9,13-16,23H,4,8,10-12,17-18H2,1-2H3/t23-/m0/s1. The summed E-state index contributed by atoms with van der Waals surface area (Å²) in [6, 6.07) is 15.9. The zero-order valence-electron chi connectivity index (χ0n) is 20.1. The number of aryl methyl sites for hydroxylation is 2. The molecule has 0 N–H and O–H groups in total. The zero-order chi connectivity index (χ0) is 24.2. The summed E-state index contributed by atoms with van der Waals surface area (Å²) in [6.45, 7) is 6.27. The topological polar surface area (TPSA) is 69.0 Å². The molecule has 0 aliphatic carbocycles. The first-order valence-electron chi connectivity index (χ1n) is 12.0. The molecule has 4 heterocycles. The molecule has 1 fully saturated rings. The average Bonchev–Trinajstić information content (AvgIpc) is 3.61. The van der Waals surface area contributed by atoms with Crippen molar-refractivity contribution in [2.24, 2.45) is 0 Å². The molecule has 1 aromatic carbocycles. The minimum Gasteiger partial charge on any atom is -0.493 e. The quantitative estimate of drug-likeness (QED) is 0.335. The van der Waals surface area contributed by atoms with Gasteiger partial charge in [0.2, 0.25) is 0 Å². The number of thiophene rings is 1. The molecule has 5 rings (SSSR count). The fourth-order valence-electron chi connectivity index (χ4n) is 4.49. The molecule has 3 aromatic heterocycles. The lowest BCUT2D eigenvalue weighted by atomic mass is 10.1. The minimum absolute atomic E-state index is 0.0447. The monoisotopic (exact) mass is 490 g/mol. The number of ether oxygens (including phenoxy) is 2. The van der Waals surface area contributed by atoms with Gasteiger partial charge in [-0.05, 0) is 61.9 Å². The van der Waals surface area contributed by atoms with Crippen molar-refractivity contribution in [3.05, 3.63) is 81.4 Å². The number of nitrogens with zero attached hydrogens (tertiary/aromatic N) is 4. The molecule has 1 atom stereocenters. The smallest absolute Gasteiger partial charge is 0.274 e. The Hall–Kier alpha value is -3.23. The third-order valence-electron chi connectivity index (χ3n) is 6.16. The van der Waals surface area contributed by atoms with Crippen molar-refractivity contribution in [3.8, 4) is 5.75 Å². The van der Waals surface area contributed by atoms with Gasteiger partial charge in [-0.25, -0.2) is 9.50 Å². The molecule has 1 aliphatic heterocycles. The van der Waals surface area contributed by atoms with E-state index in [0.29, 0.717) is 31.0 Å². The Bertz CT molecular complexity index is 1300. The summed E-state index contributed by atoms with van der Waals surface area (Å²) in [5.41, 5.74) is 3.95.